The van der Waals surface area contributed by atoms with Crippen molar-refractivity contribution in [3.8, 4) is 0 Å². The Morgan fingerprint density at radius 1 is 1.15 bits per heavy atom. The van der Waals surface area contributed by atoms with Crippen molar-refractivity contribution in [2.45, 2.75) is 44.1 Å². The van der Waals surface area contributed by atoms with Crippen molar-refractivity contribution in [3.05, 3.63) is 64.7 Å². The molecule has 1 unspecified atom stereocenters. The zero-order chi connectivity index (χ0) is 24.0. The molecule has 7 nitrogen and oxygen atoms in total. The lowest BCUT2D eigenvalue weighted by Gasteiger charge is -2.31. The van der Waals surface area contributed by atoms with Gasteiger partial charge in [0.25, 0.3) is 5.91 Å². The Hall–Kier alpha value is -2.42. The Bertz CT molecular complexity index is 1080. The van der Waals surface area contributed by atoms with Gasteiger partial charge in [0.1, 0.15) is 4.90 Å². The predicted molar refractivity (Wildman–Crippen MR) is 127 cm³/mol. The number of hydrogen-bond donors (Lipinski definition) is 1. The molecular formula is C24H29ClN2O5S. The van der Waals surface area contributed by atoms with Gasteiger partial charge in [-0.25, -0.2) is 13.2 Å². The minimum atomic E-state index is -3.88. The standard InChI is InChI=1S/C24H29ClN2O5S/c1-3-26-23(28)17(2)32-24(29)20-9-10-21(25)22(16-20)33(30,31)27-13-11-19(12-14-27)15-18-7-5-4-6-8-18/h4-10,16-17,19H,3,11-15H2,1-2H3,(H,26,28). The fraction of sp³-hybridized carbons (Fsp3) is 0.417. The topological polar surface area (TPSA) is 92.8 Å². The van der Waals surface area contributed by atoms with Gasteiger partial charge in [0.05, 0.1) is 10.6 Å². The average molecular weight is 493 g/mol. The van der Waals surface area contributed by atoms with Crippen molar-refractivity contribution in [1.29, 1.82) is 0 Å². The van der Waals surface area contributed by atoms with E-state index >= 15 is 0 Å². The minimum Gasteiger partial charge on any atom is -0.449 e. The number of likely N-dealkylation sites (N-methyl/N-ethyl adjacent to an activating group) is 1. The van der Waals surface area contributed by atoms with Crippen LogP contribution >= 0.6 is 11.6 Å². The van der Waals surface area contributed by atoms with Gasteiger partial charge in [0.2, 0.25) is 10.0 Å². The smallest absolute Gasteiger partial charge is 0.338 e. The largest absolute Gasteiger partial charge is 0.449 e. The van der Waals surface area contributed by atoms with Gasteiger partial charge in [0, 0.05) is 19.6 Å². The molecule has 0 spiro atoms. The highest BCUT2D eigenvalue weighted by atomic mass is 35.5. The van der Waals surface area contributed by atoms with Crippen LogP contribution in [0, 0.1) is 5.92 Å². The normalized spacial score (nSPS) is 16.2. The molecule has 1 atom stereocenters. The van der Waals surface area contributed by atoms with Gasteiger partial charge in [-0.15, -0.1) is 0 Å². The molecule has 0 aromatic heterocycles. The molecule has 3 rings (SSSR count). The fourth-order valence-electron chi connectivity index (χ4n) is 3.87. The maximum absolute atomic E-state index is 13.3. The number of halogens is 1. The summed E-state index contributed by atoms with van der Waals surface area (Å²) in [7, 11) is -3.88. The van der Waals surface area contributed by atoms with Crippen LogP contribution in [0.2, 0.25) is 5.02 Å². The molecule has 0 bridgehead atoms. The number of nitrogens with one attached hydrogen (secondary N) is 1. The number of sulfonamides is 1. The summed E-state index contributed by atoms with van der Waals surface area (Å²) in [5.41, 5.74) is 1.27. The van der Waals surface area contributed by atoms with Crippen LogP contribution in [0.15, 0.2) is 53.4 Å². The van der Waals surface area contributed by atoms with E-state index in [1.807, 2.05) is 18.2 Å². The number of hydrogen-bond acceptors (Lipinski definition) is 5. The summed E-state index contributed by atoms with van der Waals surface area (Å²) < 4.78 is 33.2. The Kier molecular flexibility index (Phi) is 8.51. The number of ether oxygens (including phenoxy) is 1. The second-order valence-corrected chi connectivity index (χ2v) is 10.4. The quantitative estimate of drug-likeness (QED) is 0.567. The first-order valence-corrected chi connectivity index (χ1v) is 12.9. The van der Waals surface area contributed by atoms with Crippen molar-refractivity contribution in [2.24, 2.45) is 5.92 Å². The molecule has 1 N–H and O–H groups in total. The zero-order valence-electron chi connectivity index (χ0n) is 18.8. The summed E-state index contributed by atoms with van der Waals surface area (Å²) in [6, 6.07) is 14.1. The van der Waals surface area contributed by atoms with Crippen LogP contribution in [0.4, 0.5) is 0 Å². The average Bonchev–Trinajstić information content (AvgIpc) is 2.80. The summed E-state index contributed by atoms with van der Waals surface area (Å²) in [6.45, 7) is 4.40. The molecule has 2 aromatic carbocycles. The molecule has 33 heavy (non-hydrogen) atoms. The number of rotatable bonds is 8. The number of piperidine rings is 1. The Balaban J connectivity index is 1.69. The second-order valence-electron chi connectivity index (χ2n) is 8.12. The molecule has 1 heterocycles. The van der Waals surface area contributed by atoms with Crippen LogP contribution in [0.3, 0.4) is 0 Å². The Labute approximate surface area is 200 Å². The van der Waals surface area contributed by atoms with Gasteiger partial charge in [-0.05, 0) is 62.8 Å². The molecule has 1 fully saturated rings. The van der Waals surface area contributed by atoms with Crippen LogP contribution in [-0.2, 0) is 26.0 Å². The number of esters is 1. The van der Waals surface area contributed by atoms with Crippen LogP contribution in [-0.4, -0.2) is 50.3 Å². The highest BCUT2D eigenvalue weighted by molar-refractivity contribution is 7.89. The highest BCUT2D eigenvalue weighted by Gasteiger charge is 2.32. The molecule has 0 radical (unpaired) electrons. The molecule has 1 saturated heterocycles. The summed E-state index contributed by atoms with van der Waals surface area (Å²) >= 11 is 6.22. The van der Waals surface area contributed by atoms with Crippen molar-refractivity contribution in [1.82, 2.24) is 9.62 Å². The number of amides is 1. The predicted octanol–water partition coefficient (Wildman–Crippen LogP) is 3.66. The van der Waals surface area contributed by atoms with E-state index < -0.39 is 28.0 Å². The van der Waals surface area contributed by atoms with Gasteiger partial charge in [-0.3, -0.25) is 4.79 Å². The second kappa shape index (κ2) is 11.1. The Morgan fingerprint density at radius 3 is 2.45 bits per heavy atom. The van der Waals surface area contributed by atoms with Crippen molar-refractivity contribution >= 4 is 33.5 Å². The van der Waals surface area contributed by atoms with E-state index in [4.69, 9.17) is 16.3 Å². The van der Waals surface area contributed by atoms with Gasteiger partial charge < -0.3 is 10.1 Å². The third-order valence-corrected chi connectivity index (χ3v) is 8.11. The van der Waals surface area contributed by atoms with Gasteiger partial charge in [-0.1, -0.05) is 41.9 Å². The Morgan fingerprint density at radius 2 is 1.82 bits per heavy atom. The monoisotopic (exact) mass is 492 g/mol. The number of benzene rings is 2. The lowest BCUT2D eigenvalue weighted by molar-refractivity contribution is -0.128. The van der Waals surface area contributed by atoms with Crippen LogP contribution < -0.4 is 5.32 Å². The number of nitrogens with zero attached hydrogens (tertiary/aromatic N) is 1. The maximum atomic E-state index is 13.3. The fourth-order valence-corrected chi connectivity index (χ4v) is 5.84. The van der Waals surface area contributed by atoms with Crippen molar-refractivity contribution in [2.75, 3.05) is 19.6 Å². The molecular weight excluding hydrogens is 464 g/mol. The van der Waals surface area contributed by atoms with Gasteiger partial charge >= 0.3 is 5.97 Å². The van der Waals surface area contributed by atoms with Gasteiger partial charge in [0.15, 0.2) is 6.10 Å². The first kappa shape index (κ1) is 25.2. The molecule has 1 amide bonds. The van der Waals surface area contributed by atoms with E-state index in [0.29, 0.717) is 25.6 Å². The summed E-state index contributed by atoms with van der Waals surface area (Å²) in [5.74, 6) is -0.805. The van der Waals surface area contributed by atoms with E-state index in [2.05, 4.69) is 17.4 Å². The summed E-state index contributed by atoms with van der Waals surface area (Å²) in [4.78, 5) is 24.2. The SMILES string of the molecule is CCNC(=O)C(C)OC(=O)c1ccc(Cl)c(S(=O)(=O)N2CCC(Cc3ccccc3)CC2)c1. The first-order valence-electron chi connectivity index (χ1n) is 11.0. The molecule has 1 aliphatic rings. The first-order chi connectivity index (χ1) is 15.7. The lowest BCUT2D eigenvalue weighted by atomic mass is 9.91. The third-order valence-electron chi connectivity index (χ3n) is 5.73. The molecule has 178 valence electrons. The van der Waals surface area contributed by atoms with E-state index in [1.54, 1.807) is 6.92 Å². The maximum Gasteiger partial charge on any atom is 0.338 e. The third kappa shape index (κ3) is 6.34. The number of carbonyl (C=O) groups is 2. The molecule has 9 heteroatoms. The molecule has 0 aliphatic carbocycles. The minimum absolute atomic E-state index is 0.0214. The van der Waals surface area contributed by atoms with E-state index in [9.17, 15) is 18.0 Å². The van der Waals surface area contributed by atoms with E-state index in [1.165, 1.54) is 35.0 Å². The molecule has 1 aliphatic heterocycles. The lowest BCUT2D eigenvalue weighted by Crippen LogP contribution is -2.39. The van der Waals surface area contributed by atoms with Gasteiger partial charge in [-0.2, -0.15) is 4.31 Å². The molecule has 0 saturated carbocycles. The summed E-state index contributed by atoms with van der Waals surface area (Å²) in [5, 5.41) is 2.61. The molecule has 2 aromatic rings. The van der Waals surface area contributed by atoms with Crippen LogP contribution in [0.25, 0.3) is 0 Å². The zero-order valence-corrected chi connectivity index (χ0v) is 20.4. The van der Waals surface area contributed by atoms with E-state index in [-0.39, 0.29) is 15.5 Å². The summed E-state index contributed by atoms with van der Waals surface area (Å²) in [6.07, 6.45) is 1.41. The van der Waals surface area contributed by atoms with Crippen LogP contribution in [0.5, 0.6) is 0 Å². The van der Waals surface area contributed by atoms with E-state index in [0.717, 1.165) is 19.3 Å². The highest BCUT2D eigenvalue weighted by Crippen LogP contribution is 2.30. The van der Waals surface area contributed by atoms with Crippen LogP contribution in [0.1, 0.15) is 42.6 Å². The van der Waals surface area contributed by atoms with Crippen molar-refractivity contribution in [3.63, 3.8) is 0 Å². The van der Waals surface area contributed by atoms with Crippen molar-refractivity contribution < 1.29 is 22.7 Å². The number of carbonyl (C=O) groups excluding carboxylic acids is 2.